The van der Waals surface area contributed by atoms with Crippen LogP contribution in [0.3, 0.4) is 0 Å². The molecule has 0 saturated heterocycles. The molecule has 0 aromatic carbocycles. The number of nitrogens with zero attached hydrogens (tertiary/aromatic N) is 1. The highest BCUT2D eigenvalue weighted by molar-refractivity contribution is 6.29. The van der Waals surface area contributed by atoms with Gasteiger partial charge < -0.3 is 5.32 Å². The lowest BCUT2D eigenvalue weighted by Gasteiger charge is -2.16. The average Bonchev–Trinajstić information content (AvgIpc) is 2.29. The van der Waals surface area contributed by atoms with Crippen LogP contribution in [0, 0.1) is 5.92 Å². The van der Waals surface area contributed by atoms with Crippen molar-refractivity contribution in [1.82, 2.24) is 4.98 Å². The van der Waals surface area contributed by atoms with Crippen LogP contribution in [-0.2, 0) is 0 Å². The lowest BCUT2D eigenvalue weighted by molar-refractivity contribution is 0.473. The van der Waals surface area contributed by atoms with Crippen LogP contribution in [-0.4, -0.2) is 11.5 Å². The normalized spacial score (nSPS) is 12.4. The maximum absolute atomic E-state index is 5.83. The number of unbranched alkanes of at least 4 members (excludes halogenated alkanes) is 1. The second kappa shape index (κ2) is 7.50. The average molecular weight is 241 g/mol. The molecule has 0 radical (unpaired) electrons. The molecule has 0 aliphatic heterocycles. The summed E-state index contributed by atoms with van der Waals surface area (Å²) < 4.78 is 0. The van der Waals surface area contributed by atoms with Crippen LogP contribution in [0.4, 0.5) is 5.69 Å². The van der Waals surface area contributed by atoms with Crippen LogP contribution in [0.15, 0.2) is 18.3 Å². The molecule has 1 aromatic rings. The molecule has 1 rings (SSSR count). The van der Waals surface area contributed by atoms with Crippen molar-refractivity contribution in [1.29, 1.82) is 0 Å². The molecule has 16 heavy (non-hydrogen) atoms. The first-order chi connectivity index (χ1) is 7.76. The van der Waals surface area contributed by atoms with Gasteiger partial charge in [0.05, 0.1) is 0 Å². The Balaban J connectivity index is 2.37. The SMILES string of the molecule is CCCCC(CC)CNc1ccnc(Cl)c1. The summed E-state index contributed by atoms with van der Waals surface area (Å²) in [6, 6.07) is 3.83. The largest absolute Gasteiger partial charge is 0.385 e. The molecule has 0 amide bonds. The Hall–Kier alpha value is -0.760. The molecule has 3 heteroatoms. The molecule has 1 aromatic heterocycles. The van der Waals surface area contributed by atoms with Gasteiger partial charge in [-0.3, -0.25) is 0 Å². The predicted octanol–water partition coefficient (Wildman–Crippen LogP) is 4.36. The van der Waals surface area contributed by atoms with Crippen LogP contribution < -0.4 is 5.32 Å². The van der Waals surface area contributed by atoms with Gasteiger partial charge in [0.2, 0.25) is 0 Å². The highest BCUT2D eigenvalue weighted by atomic mass is 35.5. The van der Waals surface area contributed by atoms with Crippen LogP contribution >= 0.6 is 11.6 Å². The number of rotatable bonds is 7. The van der Waals surface area contributed by atoms with Crippen molar-refractivity contribution in [2.45, 2.75) is 39.5 Å². The smallest absolute Gasteiger partial charge is 0.131 e. The number of halogens is 1. The Kier molecular flexibility index (Phi) is 6.24. The van der Waals surface area contributed by atoms with Gasteiger partial charge in [0, 0.05) is 18.4 Å². The first-order valence-corrected chi connectivity index (χ1v) is 6.49. The van der Waals surface area contributed by atoms with E-state index >= 15 is 0 Å². The van der Waals surface area contributed by atoms with Crippen LogP contribution in [0.25, 0.3) is 0 Å². The lowest BCUT2D eigenvalue weighted by atomic mass is 9.99. The first-order valence-electron chi connectivity index (χ1n) is 6.11. The number of hydrogen-bond acceptors (Lipinski definition) is 2. The molecule has 1 N–H and O–H groups in total. The quantitative estimate of drug-likeness (QED) is 0.717. The van der Waals surface area contributed by atoms with Gasteiger partial charge in [-0.25, -0.2) is 4.98 Å². The Morgan fingerprint density at radius 1 is 1.44 bits per heavy atom. The van der Waals surface area contributed by atoms with Crippen LogP contribution in [0.2, 0.25) is 5.15 Å². The molecule has 0 bridgehead atoms. The maximum Gasteiger partial charge on any atom is 0.131 e. The van der Waals surface area contributed by atoms with E-state index in [-0.39, 0.29) is 0 Å². The molecule has 0 spiro atoms. The minimum atomic E-state index is 0.548. The molecule has 1 heterocycles. The molecule has 2 nitrogen and oxygen atoms in total. The van der Waals surface area contributed by atoms with Gasteiger partial charge in [0.15, 0.2) is 0 Å². The third kappa shape index (κ3) is 4.84. The van der Waals surface area contributed by atoms with Crippen molar-refractivity contribution in [3.8, 4) is 0 Å². The number of anilines is 1. The van der Waals surface area contributed by atoms with Crippen molar-refractivity contribution in [2.75, 3.05) is 11.9 Å². The maximum atomic E-state index is 5.83. The summed E-state index contributed by atoms with van der Waals surface area (Å²) in [5, 5.41) is 3.97. The van der Waals surface area contributed by atoms with Gasteiger partial charge in [0.25, 0.3) is 0 Å². The molecule has 1 unspecified atom stereocenters. The molecular weight excluding hydrogens is 220 g/mol. The van der Waals surface area contributed by atoms with Crippen LogP contribution in [0.1, 0.15) is 39.5 Å². The predicted molar refractivity (Wildman–Crippen MR) is 71.0 cm³/mol. The number of hydrogen-bond donors (Lipinski definition) is 1. The van der Waals surface area contributed by atoms with E-state index in [0.717, 1.165) is 18.2 Å². The molecular formula is C13H21ClN2. The molecule has 90 valence electrons. The number of aromatic nitrogens is 1. The summed E-state index contributed by atoms with van der Waals surface area (Å²) in [5.74, 6) is 0.756. The minimum Gasteiger partial charge on any atom is -0.385 e. The Morgan fingerprint density at radius 3 is 2.88 bits per heavy atom. The van der Waals surface area contributed by atoms with E-state index in [4.69, 9.17) is 11.6 Å². The molecule has 0 aliphatic rings. The van der Waals surface area contributed by atoms with E-state index in [9.17, 15) is 0 Å². The zero-order valence-corrected chi connectivity index (χ0v) is 10.9. The van der Waals surface area contributed by atoms with Crippen LogP contribution in [0.5, 0.6) is 0 Å². The summed E-state index contributed by atoms with van der Waals surface area (Å²) in [6.45, 7) is 5.52. The Labute approximate surface area is 103 Å². The summed E-state index contributed by atoms with van der Waals surface area (Å²) >= 11 is 5.83. The third-order valence-corrected chi connectivity index (χ3v) is 3.07. The fraction of sp³-hybridized carbons (Fsp3) is 0.615. The zero-order valence-electron chi connectivity index (χ0n) is 10.2. The Bertz CT molecular complexity index is 302. The molecule has 0 aliphatic carbocycles. The van der Waals surface area contributed by atoms with Gasteiger partial charge in [-0.2, -0.15) is 0 Å². The van der Waals surface area contributed by atoms with E-state index < -0.39 is 0 Å². The fourth-order valence-corrected chi connectivity index (χ4v) is 1.89. The highest BCUT2D eigenvalue weighted by Crippen LogP contribution is 2.16. The van der Waals surface area contributed by atoms with Crippen molar-refractivity contribution in [3.05, 3.63) is 23.5 Å². The molecule has 1 atom stereocenters. The van der Waals surface area contributed by atoms with Crippen molar-refractivity contribution in [2.24, 2.45) is 5.92 Å². The summed E-state index contributed by atoms with van der Waals surface area (Å²) in [7, 11) is 0. The first kappa shape index (κ1) is 13.3. The van der Waals surface area contributed by atoms with Crippen molar-refractivity contribution >= 4 is 17.3 Å². The molecule has 0 saturated carbocycles. The van der Waals surface area contributed by atoms with E-state index in [1.54, 1.807) is 6.20 Å². The standard InChI is InChI=1S/C13H21ClN2/c1-3-5-6-11(4-2)10-16-12-7-8-15-13(14)9-12/h7-9,11H,3-6,10H2,1-2H3,(H,15,16). The lowest BCUT2D eigenvalue weighted by Crippen LogP contribution is -2.13. The topological polar surface area (TPSA) is 24.9 Å². The van der Waals surface area contributed by atoms with Gasteiger partial charge >= 0.3 is 0 Å². The summed E-state index contributed by atoms with van der Waals surface area (Å²) in [5.41, 5.74) is 1.06. The van der Waals surface area contributed by atoms with E-state index in [1.165, 1.54) is 25.7 Å². The van der Waals surface area contributed by atoms with Gasteiger partial charge in [-0.1, -0.05) is 44.7 Å². The van der Waals surface area contributed by atoms with Gasteiger partial charge in [0.1, 0.15) is 5.15 Å². The fourth-order valence-electron chi connectivity index (χ4n) is 1.72. The number of nitrogens with one attached hydrogen (secondary N) is 1. The summed E-state index contributed by atoms with van der Waals surface area (Å²) in [4.78, 5) is 3.96. The highest BCUT2D eigenvalue weighted by Gasteiger charge is 2.05. The second-order valence-electron chi connectivity index (χ2n) is 4.16. The van der Waals surface area contributed by atoms with Gasteiger partial charge in [-0.05, 0) is 24.5 Å². The van der Waals surface area contributed by atoms with E-state index in [2.05, 4.69) is 24.1 Å². The summed E-state index contributed by atoms with van der Waals surface area (Å²) in [6.07, 6.45) is 6.86. The monoisotopic (exact) mass is 240 g/mol. The minimum absolute atomic E-state index is 0.548. The van der Waals surface area contributed by atoms with E-state index in [1.807, 2.05) is 12.1 Å². The van der Waals surface area contributed by atoms with E-state index in [0.29, 0.717) is 5.15 Å². The molecule has 0 fully saturated rings. The third-order valence-electron chi connectivity index (χ3n) is 2.86. The van der Waals surface area contributed by atoms with Crippen molar-refractivity contribution in [3.63, 3.8) is 0 Å². The zero-order chi connectivity index (χ0) is 11.8. The Morgan fingerprint density at radius 2 is 2.25 bits per heavy atom. The second-order valence-corrected chi connectivity index (χ2v) is 4.55. The van der Waals surface area contributed by atoms with Gasteiger partial charge in [-0.15, -0.1) is 0 Å². The van der Waals surface area contributed by atoms with Crippen molar-refractivity contribution < 1.29 is 0 Å². The number of pyridine rings is 1.